The molecule has 0 aliphatic rings. The van der Waals surface area contributed by atoms with E-state index in [1.165, 1.54) is 19.1 Å². The van der Waals surface area contributed by atoms with Gasteiger partial charge in [-0.2, -0.15) is 0 Å². The Bertz CT molecular complexity index is 756. The van der Waals surface area contributed by atoms with Crippen LogP contribution >= 0.6 is 0 Å². The lowest BCUT2D eigenvalue weighted by atomic mass is 10.0. The second kappa shape index (κ2) is 7.73. The third-order valence-corrected chi connectivity index (χ3v) is 3.52. The van der Waals surface area contributed by atoms with Gasteiger partial charge in [0.15, 0.2) is 12.4 Å². The molecule has 0 bridgehead atoms. The first-order valence-electron chi connectivity index (χ1n) is 7.70. The molecule has 2 aromatic carbocycles. The normalized spacial score (nSPS) is 10.5. The van der Waals surface area contributed by atoms with Crippen LogP contribution in [-0.2, 0) is 4.79 Å². The first-order valence-corrected chi connectivity index (χ1v) is 7.70. The summed E-state index contributed by atoms with van der Waals surface area (Å²) in [5, 5.41) is 2.74. The smallest absolute Gasteiger partial charge is 0.262 e. The van der Waals surface area contributed by atoms with Gasteiger partial charge in [-0.25, -0.2) is 4.39 Å². The van der Waals surface area contributed by atoms with Crippen molar-refractivity contribution in [3.05, 3.63) is 59.4 Å². The van der Waals surface area contributed by atoms with E-state index < -0.39 is 5.82 Å². The van der Waals surface area contributed by atoms with Gasteiger partial charge in [0.2, 0.25) is 0 Å². The van der Waals surface area contributed by atoms with Crippen LogP contribution in [-0.4, -0.2) is 18.3 Å². The van der Waals surface area contributed by atoms with Crippen molar-refractivity contribution in [1.82, 2.24) is 0 Å². The molecule has 0 unspecified atom stereocenters. The summed E-state index contributed by atoms with van der Waals surface area (Å²) in [6, 6.07) is 11.2. The van der Waals surface area contributed by atoms with Crippen molar-refractivity contribution in [3.8, 4) is 5.75 Å². The van der Waals surface area contributed by atoms with Gasteiger partial charge in [0.25, 0.3) is 5.91 Å². The highest BCUT2D eigenvalue weighted by Crippen LogP contribution is 2.21. The molecule has 0 radical (unpaired) electrons. The predicted octanol–water partition coefficient (Wildman–Crippen LogP) is 4.17. The van der Waals surface area contributed by atoms with Gasteiger partial charge in [-0.05, 0) is 48.7 Å². The fraction of sp³-hybridized carbons (Fsp3) is 0.263. The highest BCUT2D eigenvalue weighted by molar-refractivity contribution is 5.97. The zero-order valence-corrected chi connectivity index (χ0v) is 13.9. The average Bonchev–Trinajstić information content (AvgIpc) is 2.53. The van der Waals surface area contributed by atoms with Crippen LogP contribution in [0.2, 0.25) is 0 Å². The minimum atomic E-state index is -0.525. The van der Waals surface area contributed by atoms with E-state index >= 15 is 0 Å². The lowest BCUT2D eigenvalue weighted by Crippen LogP contribution is -2.21. The van der Waals surface area contributed by atoms with Crippen molar-refractivity contribution in [2.45, 2.75) is 26.7 Å². The van der Waals surface area contributed by atoms with Crippen molar-refractivity contribution >= 4 is 17.4 Å². The Hall–Kier alpha value is -2.69. The van der Waals surface area contributed by atoms with E-state index in [2.05, 4.69) is 19.2 Å². The van der Waals surface area contributed by atoms with Gasteiger partial charge in [0, 0.05) is 5.69 Å². The number of hydrogen-bond donors (Lipinski definition) is 1. The molecule has 0 aliphatic carbocycles. The summed E-state index contributed by atoms with van der Waals surface area (Å²) in [4.78, 5) is 23.5. The number of hydrogen-bond acceptors (Lipinski definition) is 3. The van der Waals surface area contributed by atoms with E-state index in [4.69, 9.17) is 4.74 Å². The second-order valence-corrected chi connectivity index (χ2v) is 5.81. The van der Waals surface area contributed by atoms with Crippen molar-refractivity contribution in [1.29, 1.82) is 0 Å². The molecule has 0 saturated carbocycles. The number of anilines is 1. The van der Waals surface area contributed by atoms with Crippen LogP contribution in [0.1, 0.15) is 42.6 Å². The monoisotopic (exact) mass is 329 g/mol. The van der Waals surface area contributed by atoms with Crippen LogP contribution in [0, 0.1) is 5.82 Å². The molecule has 24 heavy (non-hydrogen) atoms. The van der Waals surface area contributed by atoms with Gasteiger partial charge in [-0.3, -0.25) is 9.59 Å². The standard InChI is InChI=1S/C19H20FNO3/c1-12(2)14-5-4-6-16(9-14)21-19(23)11-24-18-8-7-15(20)10-17(18)13(3)22/h4-10,12H,11H2,1-3H3,(H,21,23). The van der Waals surface area contributed by atoms with Crippen molar-refractivity contribution in [2.75, 3.05) is 11.9 Å². The molecule has 2 aromatic rings. The van der Waals surface area contributed by atoms with E-state index in [9.17, 15) is 14.0 Å². The molecule has 1 amide bonds. The highest BCUT2D eigenvalue weighted by atomic mass is 19.1. The van der Waals surface area contributed by atoms with Crippen molar-refractivity contribution in [2.24, 2.45) is 0 Å². The van der Waals surface area contributed by atoms with Crippen LogP contribution in [0.5, 0.6) is 5.75 Å². The first-order chi connectivity index (χ1) is 11.4. The Morgan fingerprint density at radius 3 is 2.58 bits per heavy atom. The summed E-state index contributed by atoms with van der Waals surface area (Å²) in [5.41, 5.74) is 1.91. The lowest BCUT2D eigenvalue weighted by Gasteiger charge is -2.12. The molecular weight excluding hydrogens is 309 g/mol. The molecule has 0 fully saturated rings. The SMILES string of the molecule is CC(=O)c1cc(F)ccc1OCC(=O)Nc1cccc(C(C)C)c1. The number of amides is 1. The number of Topliss-reactive ketones (excluding diaryl/α,β-unsaturated/α-hetero) is 1. The Labute approximate surface area is 140 Å². The number of benzene rings is 2. The maximum atomic E-state index is 13.2. The molecule has 0 saturated heterocycles. The summed E-state index contributed by atoms with van der Waals surface area (Å²) in [7, 11) is 0. The number of nitrogens with one attached hydrogen (secondary N) is 1. The molecule has 0 aromatic heterocycles. The summed E-state index contributed by atoms with van der Waals surface area (Å²) < 4.78 is 18.6. The molecule has 0 heterocycles. The molecule has 4 nitrogen and oxygen atoms in total. The van der Waals surface area contributed by atoms with Crippen LogP contribution in [0.3, 0.4) is 0 Å². The van der Waals surface area contributed by atoms with Crippen LogP contribution in [0.25, 0.3) is 0 Å². The molecule has 2 rings (SSSR count). The summed E-state index contributed by atoms with van der Waals surface area (Å²) in [6.45, 7) is 5.20. The van der Waals surface area contributed by atoms with Gasteiger partial charge in [-0.15, -0.1) is 0 Å². The van der Waals surface area contributed by atoms with Crippen LogP contribution < -0.4 is 10.1 Å². The number of rotatable bonds is 6. The fourth-order valence-electron chi connectivity index (χ4n) is 2.22. The molecule has 0 aliphatic heterocycles. The highest BCUT2D eigenvalue weighted by Gasteiger charge is 2.12. The van der Waals surface area contributed by atoms with Gasteiger partial charge < -0.3 is 10.1 Å². The largest absolute Gasteiger partial charge is 0.483 e. The van der Waals surface area contributed by atoms with Crippen LogP contribution in [0.4, 0.5) is 10.1 Å². The zero-order chi connectivity index (χ0) is 17.7. The third kappa shape index (κ3) is 4.65. The van der Waals surface area contributed by atoms with E-state index in [1.54, 1.807) is 6.07 Å². The molecular formula is C19H20FNO3. The van der Waals surface area contributed by atoms with Gasteiger partial charge >= 0.3 is 0 Å². The minimum absolute atomic E-state index is 0.115. The topological polar surface area (TPSA) is 55.4 Å². The van der Waals surface area contributed by atoms with Crippen molar-refractivity contribution < 1.29 is 18.7 Å². The Kier molecular flexibility index (Phi) is 5.68. The molecule has 1 N–H and O–H groups in total. The summed E-state index contributed by atoms with van der Waals surface area (Å²) in [5.74, 6) is -0.655. The number of ether oxygens (including phenoxy) is 1. The lowest BCUT2D eigenvalue weighted by molar-refractivity contribution is -0.118. The number of halogens is 1. The summed E-state index contributed by atoms with van der Waals surface area (Å²) in [6.07, 6.45) is 0. The Balaban J connectivity index is 2.01. The quantitative estimate of drug-likeness (QED) is 0.809. The Morgan fingerprint density at radius 1 is 1.17 bits per heavy atom. The maximum Gasteiger partial charge on any atom is 0.262 e. The molecule has 0 spiro atoms. The maximum absolute atomic E-state index is 13.2. The number of ketones is 1. The van der Waals surface area contributed by atoms with E-state index in [0.717, 1.165) is 11.6 Å². The fourth-order valence-corrected chi connectivity index (χ4v) is 2.22. The Morgan fingerprint density at radius 2 is 1.92 bits per heavy atom. The van der Waals surface area contributed by atoms with E-state index in [1.807, 2.05) is 18.2 Å². The predicted molar refractivity (Wildman–Crippen MR) is 91.1 cm³/mol. The number of carbonyl (C=O) groups is 2. The minimum Gasteiger partial charge on any atom is -0.483 e. The van der Waals surface area contributed by atoms with Gasteiger partial charge in [0.1, 0.15) is 11.6 Å². The first kappa shape index (κ1) is 17.7. The molecule has 126 valence electrons. The third-order valence-electron chi connectivity index (χ3n) is 3.52. The number of carbonyl (C=O) groups excluding carboxylic acids is 2. The van der Waals surface area contributed by atoms with Crippen LogP contribution in [0.15, 0.2) is 42.5 Å². The van der Waals surface area contributed by atoms with Gasteiger partial charge in [0.05, 0.1) is 5.56 Å². The second-order valence-electron chi connectivity index (χ2n) is 5.81. The van der Waals surface area contributed by atoms with E-state index in [-0.39, 0.29) is 29.6 Å². The molecule has 0 atom stereocenters. The molecule has 5 heteroatoms. The zero-order valence-electron chi connectivity index (χ0n) is 13.9. The summed E-state index contributed by atoms with van der Waals surface area (Å²) >= 11 is 0. The average molecular weight is 329 g/mol. The van der Waals surface area contributed by atoms with Crippen molar-refractivity contribution in [3.63, 3.8) is 0 Å². The van der Waals surface area contributed by atoms with Gasteiger partial charge in [-0.1, -0.05) is 26.0 Å². The van der Waals surface area contributed by atoms with E-state index in [0.29, 0.717) is 11.6 Å².